The summed E-state index contributed by atoms with van der Waals surface area (Å²) in [6, 6.07) is 6.24. The van der Waals surface area contributed by atoms with Crippen LogP contribution in [-0.4, -0.2) is 74.7 Å². The number of nitro groups is 3. The van der Waals surface area contributed by atoms with Crippen LogP contribution in [0.5, 0.6) is 5.75 Å². The number of phenols is 1. The van der Waals surface area contributed by atoms with Gasteiger partial charge in [0.2, 0.25) is 5.75 Å². The van der Waals surface area contributed by atoms with Crippen molar-refractivity contribution < 1.29 is 35.2 Å². The third kappa shape index (κ3) is 8.34. The molecule has 7 N–H and O–H groups in total. The van der Waals surface area contributed by atoms with Crippen molar-refractivity contribution >= 4 is 34.1 Å². The molecule has 0 heterocycles. The maximum absolute atomic E-state index is 10.8. The number of aliphatic hydroxyl groups excluding tert-OH is 3. The van der Waals surface area contributed by atoms with Gasteiger partial charge in [-0.2, -0.15) is 0 Å². The van der Waals surface area contributed by atoms with E-state index in [9.17, 15) is 35.4 Å². The number of nitrogens with one attached hydrogen (secondary N) is 3. The molecule has 0 radical (unpaired) electrons. The van der Waals surface area contributed by atoms with Crippen molar-refractivity contribution in [2.24, 2.45) is 0 Å². The maximum Gasteiger partial charge on any atom is 0.319 e. The average Bonchev–Trinajstić information content (AvgIpc) is 2.80. The molecule has 186 valence electrons. The molecule has 0 fully saturated rings. The van der Waals surface area contributed by atoms with Crippen molar-refractivity contribution in [2.75, 3.05) is 55.4 Å². The zero-order valence-corrected chi connectivity index (χ0v) is 17.7. The van der Waals surface area contributed by atoms with Crippen molar-refractivity contribution in [3.63, 3.8) is 0 Å². The fraction of sp³-hybridized carbons (Fsp3) is 0.333. The van der Waals surface area contributed by atoms with Gasteiger partial charge >= 0.3 is 5.69 Å². The first-order chi connectivity index (χ1) is 16.2. The lowest BCUT2D eigenvalue weighted by Crippen LogP contribution is -2.09. The average molecular weight is 484 g/mol. The van der Waals surface area contributed by atoms with E-state index in [2.05, 4.69) is 16.0 Å². The van der Waals surface area contributed by atoms with Gasteiger partial charge in [0.05, 0.1) is 46.3 Å². The van der Waals surface area contributed by atoms with E-state index in [1.165, 1.54) is 6.07 Å². The minimum atomic E-state index is -0.924. The number of hydrogen-bond donors (Lipinski definition) is 7. The van der Waals surface area contributed by atoms with E-state index in [4.69, 9.17) is 15.3 Å². The SMILES string of the molecule is O=[N+]([O-])c1cc(NCCO)c(O)c([N+](=O)[O-])c1.O=[N+]([O-])c1cc(NCCO)ccc1NCCO. The van der Waals surface area contributed by atoms with Gasteiger partial charge in [-0.1, -0.05) is 0 Å². The quantitative estimate of drug-likeness (QED) is 0.126. The summed E-state index contributed by atoms with van der Waals surface area (Å²) in [5, 5.41) is 75.3. The lowest BCUT2D eigenvalue weighted by Gasteiger charge is -2.08. The standard InChI is InChI=1S/C10H15N3O4.C8H9N3O6/c14-5-3-11-8-1-2-9(12-4-6-15)10(7-8)13(16)17;12-2-1-9-6-3-5(10(14)15)4-7(8(6)13)11(16)17/h1-2,7,11-12,14-15H,3-6H2;3-4,9,12-13H,1-2H2. The lowest BCUT2D eigenvalue weighted by atomic mass is 10.2. The van der Waals surface area contributed by atoms with Crippen molar-refractivity contribution in [3.8, 4) is 5.75 Å². The van der Waals surface area contributed by atoms with E-state index in [0.29, 0.717) is 24.0 Å². The Morgan fingerprint density at radius 2 is 1.21 bits per heavy atom. The number of hydrogen-bond acceptors (Lipinski definition) is 13. The van der Waals surface area contributed by atoms with Gasteiger partial charge in [0.1, 0.15) is 5.69 Å². The minimum absolute atomic E-state index is 0.00584. The van der Waals surface area contributed by atoms with Crippen LogP contribution >= 0.6 is 0 Å². The first kappa shape index (κ1) is 27.8. The topological polar surface area (TPSA) is 246 Å². The van der Waals surface area contributed by atoms with E-state index in [1.807, 2.05) is 0 Å². The molecule has 0 amide bonds. The number of non-ortho nitro benzene ring substituents is 1. The van der Waals surface area contributed by atoms with Gasteiger partial charge in [0, 0.05) is 37.5 Å². The number of nitro benzene ring substituents is 3. The Kier molecular flexibility index (Phi) is 11.4. The Morgan fingerprint density at radius 1 is 0.676 bits per heavy atom. The van der Waals surface area contributed by atoms with Crippen molar-refractivity contribution in [3.05, 3.63) is 60.7 Å². The number of benzene rings is 2. The summed E-state index contributed by atoms with van der Waals surface area (Å²) in [5.41, 5.74) is -0.588. The fourth-order valence-corrected chi connectivity index (χ4v) is 2.51. The lowest BCUT2D eigenvalue weighted by molar-refractivity contribution is -0.394. The number of anilines is 3. The number of aromatic hydroxyl groups is 1. The Bertz CT molecular complexity index is 1000. The summed E-state index contributed by atoms with van der Waals surface area (Å²) < 4.78 is 0. The molecule has 0 aliphatic heterocycles. The molecule has 0 saturated heterocycles. The largest absolute Gasteiger partial charge is 0.501 e. The van der Waals surface area contributed by atoms with Crippen molar-refractivity contribution in [2.45, 2.75) is 0 Å². The number of aliphatic hydroxyl groups is 3. The van der Waals surface area contributed by atoms with Gasteiger partial charge in [-0.25, -0.2) is 0 Å². The molecule has 2 rings (SSSR count). The molecule has 34 heavy (non-hydrogen) atoms. The third-order valence-electron chi connectivity index (χ3n) is 3.97. The first-order valence-corrected chi connectivity index (χ1v) is 9.64. The predicted molar refractivity (Wildman–Crippen MR) is 121 cm³/mol. The van der Waals surface area contributed by atoms with Crippen LogP contribution in [0.3, 0.4) is 0 Å². The van der Waals surface area contributed by atoms with Gasteiger partial charge in [-0.3, -0.25) is 30.3 Å². The monoisotopic (exact) mass is 484 g/mol. The highest BCUT2D eigenvalue weighted by atomic mass is 16.6. The molecular formula is C18H24N6O10. The smallest absolute Gasteiger partial charge is 0.319 e. The Labute approximate surface area is 191 Å². The van der Waals surface area contributed by atoms with E-state index < -0.39 is 31.9 Å². The molecule has 2 aromatic rings. The van der Waals surface area contributed by atoms with E-state index >= 15 is 0 Å². The molecule has 0 atom stereocenters. The van der Waals surface area contributed by atoms with Gasteiger partial charge in [0.15, 0.2) is 0 Å². The molecule has 0 unspecified atom stereocenters. The zero-order chi connectivity index (χ0) is 25.7. The summed E-state index contributed by atoms with van der Waals surface area (Å²) in [5.74, 6) is -0.700. The molecule has 16 nitrogen and oxygen atoms in total. The zero-order valence-electron chi connectivity index (χ0n) is 17.7. The fourth-order valence-electron chi connectivity index (χ4n) is 2.51. The second-order valence-electron chi connectivity index (χ2n) is 6.32. The normalized spacial score (nSPS) is 9.97. The Hall–Kier alpha value is -4.28. The van der Waals surface area contributed by atoms with Gasteiger partial charge in [-0.15, -0.1) is 0 Å². The number of phenolic OH excluding ortho intramolecular Hbond substituents is 1. The third-order valence-corrected chi connectivity index (χ3v) is 3.97. The van der Waals surface area contributed by atoms with Crippen LogP contribution < -0.4 is 16.0 Å². The highest BCUT2D eigenvalue weighted by molar-refractivity contribution is 5.70. The second kappa shape index (κ2) is 14.0. The van der Waals surface area contributed by atoms with Crippen LogP contribution in [0, 0.1) is 30.3 Å². The predicted octanol–water partition coefficient (Wildman–Crippen LogP) is 1.02. The number of rotatable bonds is 12. The molecule has 0 spiro atoms. The van der Waals surface area contributed by atoms with E-state index in [1.54, 1.807) is 12.1 Å². The van der Waals surface area contributed by atoms with Gasteiger partial charge in [0.25, 0.3) is 11.4 Å². The molecule has 16 heteroatoms. The van der Waals surface area contributed by atoms with Crippen LogP contribution in [-0.2, 0) is 0 Å². The van der Waals surface area contributed by atoms with Gasteiger partial charge < -0.3 is 36.4 Å². The van der Waals surface area contributed by atoms with Gasteiger partial charge in [-0.05, 0) is 12.1 Å². The minimum Gasteiger partial charge on any atom is -0.501 e. The molecule has 0 saturated carbocycles. The Balaban J connectivity index is 0.000000340. The van der Waals surface area contributed by atoms with Crippen LogP contribution in [0.1, 0.15) is 0 Å². The Morgan fingerprint density at radius 3 is 1.71 bits per heavy atom. The molecule has 0 aromatic heterocycles. The summed E-state index contributed by atoms with van der Waals surface area (Å²) >= 11 is 0. The van der Waals surface area contributed by atoms with E-state index in [0.717, 1.165) is 6.07 Å². The van der Waals surface area contributed by atoms with Crippen LogP contribution in [0.25, 0.3) is 0 Å². The summed E-state index contributed by atoms with van der Waals surface area (Å²) in [6.07, 6.45) is 0. The van der Waals surface area contributed by atoms with Crippen LogP contribution in [0.15, 0.2) is 30.3 Å². The highest BCUT2D eigenvalue weighted by Gasteiger charge is 2.23. The second-order valence-corrected chi connectivity index (χ2v) is 6.32. The highest BCUT2D eigenvalue weighted by Crippen LogP contribution is 2.37. The summed E-state index contributed by atoms with van der Waals surface area (Å²) in [6.45, 7) is 0.173. The molecule has 0 aliphatic rings. The summed E-state index contributed by atoms with van der Waals surface area (Å²) in [4.78, 5) is 29.7. The molecule has 2 aromatic carbocycles. The maximum atomic E-state index is 10.8. The molecule has 0 aliphatic carbocycles. The van der Waals surface area contributed by atoms with Crippen molar-refractivity contribution in [1.82, 2.24) is 0 Å². The van der Waals surface area contributed by atoms with Crippen molar-refractivity contribution in [1.29, 1.82) is 0 Å². The molecule has 0 bridgehead atoms. The van der Waals surface area contributed by atoms with E-state index in [-0.39, 0.29) is 44.3 Å². The first-order valence-electron chi connectivity index (χ1n) is 9.64. The van der Waals surface area contributed by atoms with Crippen LogP contribution in [0.2, 0.25) is 0 Å². The summed E-state index contributed by atoms with van der Waals surface area (Å²) in [7, 11) is 0. The number of nitrogens with zero attached hydrogens (tertiary/aromatic N) is 3. The molecular weight excluding hydrogens is 460 g/mol. The van der Waals surface area contributed by atoms with Crippen LogP contribution in [0.4, 0.5) is 34.1 Å².